The lowest BCUT2D eigenvalue weighted by atomic mass is 10.1. The van der Waals surface area contributed by atoms with Crippen LogP contribution in [-0.4, -0.2) is 23.4 Å². The Morgan fingerprint density at radius 3 is 2.19 bits per heavy atom. The molecule has 1 rings (SSSR count). The number of hydrogen-bond acceptors (Lipinski definition) is 3. The van der Waals surface area contributed by atoms with Gasteiger partial charge in [0, 0.05) is 13.2 Å². The van der Waals surface area contributed by atoms with E-state index in [1.54, 1.807) is 0 Å². The van der Waals surface area contributed by atoms with E-state index in [2.05, 4.69) is 5.32 Å². The summed E-state index contributed by atoms with van der Waals surface area (Å²) in [6.45, 7) is 2.25. The van der Waals surface area contributed by atoms with E-state index >= 15 is 0 Å². The first kappa shape index (κ1) is 13.2. The Labute approximate surface area is 97.1 Å². The van der Waals surface area contributed by atoms with Gasteiger partial charge in [0.05, 0.1) is 6.61 Å². The summed E-state index contributed by atoms with van der Waals surface area (Å²) in [6, 6.07) is 7.96. The van der Waals surface area contributed by atoms with Gasteiger partial charge in [-0.3, -0.25) is 0 Å². The molecule has 0 aliphatic carbocycles. The summed E-state index contributed by atoms with van der Waals surface area (Å²) < 4.78 is 0. The molecule has 1 aromatic carbocycles. The van der Waals surface area contributed by atoms with E-state index in [0.29, 0.717) is 6.61 Å². The van der Waals surface area contributed by atoms with Crippen LogP contribution in [0.4, 0.5) is 0 Å². The maximum atomic E-state index is 8.89. The number of aliphatic hydroxyl groups is 2. The van der Waals surface area contributed by atoms with E-state index in [0.717, 1.165) is 37.9 Å². The highest BCUT2D eigenvalue weighted by Crippen LogP contribution is 2.04. The molecular formula is C13H21NO2. The number of nitrogens with one attached hydrogen (secondary N) is 1. The van der Waals surface area contributed by atoms with Crippen molar-refractivity contribution >= 4 is 0 Å². The van der Waals surface area contributed by atoms with Crippen LogP contribution in [0, 0.1) is 0 Å². The van der Waals surface area contributed by atoms with Gasteiger partial charge in [-0.05, 0) is 36.9 Å². The van der Waals surface area contributed by atoms with E-state index in [1.165, 1.54) is 5.56 Å². The molecule has 0 atom stereocenters. The van der Waals surface area contributed by atoms with Crippen LogP contribution in [0.1, 0.15) is 30.4 Å². The highest BCUT2D eigenvalue weighted by Gasteiger charge is 1.94. The number of hydrogen-bond donors (Lipinski definition) is 3. The molecule has 0 aliphatic heterocycles. The second-order valence-corrected chi connectivity index (χ2v) is 3.94. The summed E-state index contributed by atoms with van der Waals surface area (Å²) in [5.74, 6) is 0. The van der Waals surface area contributed by atoms with Crippen LogP contribution in [0.15, 0.2) is 24.3 Å². The van der Waals surface area contributed by atoms with Crippen LogP contribution < -0.4 is 5.32 Å². The predicted molar refractivity (Wildman–Crippen MR) is 65.0 cm³/mol. The quantitative estimate of drug-likeness (QED) is 0.584. The zero-order valence-corrected chi connectivity index (χ0v) is 9.65. The van der Waals surface area contributed by atoms with E-state index < -0.39 is 0 Å². The number of unbranched alkanes of at least 4 members (excludes halogenated alkanes) is 2. The lowest BCUT2D eigenvalue weighted by Crippen LogP contribution is -2.14. The molecule has 0 spiro atoms. The first-order valence-corrected chi connectivity index (χ1v) is 5.87. The number of rotatable bonds is 8. The normalized spacial score (nSPS) is 10.6. The van der Waals surface area contributed by atoms with Crippen LogP contribution in [0.5, 0.6) is 0 Å². The van der Waals surface area contributed by atoms with Crippen LogP contribution in [0.25, 0.3) is 0 Å². The second-order valence-electron chi connectivity index (χ2n) is 3.94. The average Bonchev–Trinajstić information content (AvgIpc) is 2.34. The predicted octanol–water partition coefficient (Wildman–Crippen LogP) is 1.43. The van der Waals surface area contributed by atoms with Gasteiger partial charge < -0.3 is 15.5 Å². The van der Waals surface area contributed by atoms with Gasteiger partial charge in [-0.2, -0.15) is 0 Å². The van der Waals surface area contributed by atoms with E-state index in [-0.39, 0.29) is 6.61 Å². The molecule has 16 heavy (non-hydrogen) atoms. The summed E-state index contributed by atoms with van der Waals surface area (Å²) >= 11 is 0. The van der Waals surface area contributed by atoms with Crippen molar-refractivity contribution in [2.24, 2.45) is 0 Å². The fraction of sp³-hybridized carbons (Fsp3) is 0.538. The van der Waals surface area contributed by atoms with Crippen molar-refractivity contribution in [1.82, 2.24) is 5.32 Å². The third kappa shape index (κ3) is 5.26. The molecule has 0 amide bonds. The minimum Gasteiger partial charge on any atom is -0.396 e. The van der Waals surface area contributed by atoms with Gasteiger partial charge >= 0.3 is 0 Å². The molecule has 1 aromatic rings. The molecular weight excluding hydrogens is 202 g/mol. The molecule has 0 unspecified atom stereocenters. The Bertz CT molecular complexity index is 272. The molecule has 0 aromatic heterocycles. The van der Waals surface area contributed by atoms with Gasteiger partial charge in [-0.25, -0.2) is 0 Å². The minimum atomic E-state index is 0.106. The Kier molecular flexibility index (Phi) is 6.81. The zero-order valence-electron chi connectivity index (χ0n) is 9.65. The van der Waals surface area contributed by atoms with Crippen LogP contribution in [-0.2, 0) is 13.2 Å². The van der Waals surface area contributed by atoms with Gasteiger partial charge in [0.25, 0.3) is 0 Å². The first-order valence-electron chi connectivity index (χ1n) is 5.87. The SMILES string of the molecule is OCCCCCNCc1ccc(CO)cc1. The van der Waals surface area contributed by atoms with E-state index in [1.807, 2.05) is 24.3 Å². The lowest BCUT2D eigenvalue weighted by molar-refractivity contribution is 0.281. The molecule has 3 heteroatoms. The van der Waals surface area contributed by atoms with Crippen LogP contribution in [0.2, 0.25) is 0 Å². The Balaban J connectivity index is 2.12. The number of aliphatic hydroxyl groups excluding tert-OH is 2. The zero-order chi connectivity index (χ0) is 11.6. The average molecular weight is 223 g/mol. The third-order valence-corrected chi connectivity index (χ3v) is 2.55. The molecule has 0 fully saturated rings. The van der Waals surface area contributed by atoms with Crippen molar-refractivity contribution in [3.05, 3.63) is 35.4 Å². The largest absolute Gasteiger partial charge is 0.396 e. The molecule has 0 radical (unpaired) electrons. The van der Waals surface area contributed by atoms with E-state index in [4.69, 9.17) is 10.2 Å². The molecule has 3 N–H and O–H groups in total. The molecule has 0 aliphatic rings. The van der Waals surface area contributed by atoms with Gasteiger partial charge in [0.15, 0.2) is 0 Å². The fourth-order valence-electron chi connectivity index (χ4n) is 1.53. The Morgan fingerprint density at radius 1 is 0.875 bits per heavy atom. The molecule has 0 bridgehead atoms. The van der Waals surface area contributed by atoms with Crippen molar-refractivity contribution in [3.63, 3.8) is 0 Å². The minimum absolute atomic E-state index is 0.106. The van der Waals surface area contributed by atoms with Gasteiger partial charge in [0.1, 0.15) is 0 Å². The third-order valence-electron chi connectivity index (χ3n) is 2.55. The smallest absolute Gasteiger partial charge is 0.0681 e. The van der Waals surface area contributed by atoms with Gasteiger partial charge in [-0.1, -0.05) is 24.3 Å². The fourth-order valence-corrected chi connectivity index (χ4v) is 1.53. The second kappa shape index (κ2) is 8.28. The molecule has 0 saturated carbocycles. The highest BCUT2D eigenvalue weighted by molar-refractivity contribution is 5.21. The summed E-state index contributed by atoms with van der Waals surface area (Å²) in [5, 5.41) is 20.9. The van der Waals surface area contributed by atoms with Crippen LogP contribution >= 0.6 is 0 Å². The maximum Gasteiger partial charge on any atom is 0.0681 e. The Morgan fingerprint density at radius 2 is 1.56 bits per heavy atom. The molecule has 90 valence electrons. The Hall–Kier alpha value is -0.900. The molecule has 3 nitrogen and oxygen atoms in total. The number of benzene rings is 1. The van der Waals surface area contributed by atoms with Crippen molar-refractivity contribution in [1.29, 1.82) is 0 Å². The monoisotopic (exact) mass is 223 g/mol. The lowest BCUT2D eigenvalue weighted by Gasteiger charge is -2.05. The topological polar surface area (TPSA) is 52.5 Å². The van der Waals surface area contributed by atoms with Crippen molar-refractivity contribution < 1.29 is 10.2 Å². The summed E-state index contributed by atoms with van der Waals surface area (Å²) in [6.07, 6.45) is 3.08. The summed E-state index contributed by atoms with van der Waals surface area (Å²) in [5.41, 5.74) is 2.19. The van der Waals surface area contributed by atoms with E-state index in [9.17, 15) is 0 Å². The van der Waals surface area contributed by atoms with Crippen LogP contribution in [0.3, 0.4) is 0 Å². The van der Waals surface area contributed by atoms with Crippen molar-refractivity contribution in [2.45, 2.75) is 32.4 Å². The summed E-state index contributed by atoms with van der Waals surface area (Å²) in [4.78, 5) is 0. The molecule has 0 heterocycles. The highest BCUT2D eigenvalue weighted by atomic mass is 16.3. The summed E-state index contributed by atoms with van der Waals surface area (Å²) in [7, 11) is 0. The van der Waals surface area contributed by atoms with Crippen molar-refractivity contribution in [3.8, 4) is 0 Å². The van der Waals surface area contributed by atoms with Gasteiger partial charge in [0.2, 0.25) is 0 Å². The maximum absolute atomic E-state index is 8.89. The van der Waals surface area contributed by atoms with Crippen molar-refractivity contribution in [2.75, 3.05) is 13.2 Å². The first-order chi connectivity index (χ1) is 7.86. The van der Waals surface area contributed by atoms with Gasteiger partial charge in [-0.15, -0.1) is 0 Å². The standard InChI is InChI=1S/C13H21NO2/c15-9-3-1-2-8-14-10-12-4-6-13(11-16)7-5-12/h4-7,14-16H,1-3,8-11H2. The molecule has 0 saturated heterocycles.